The quantitative estimate of drug-likeness (QED) is 0.544. The van der Waals surface area contributed by atoms with Crippen molar-refractivity contribution >= 4 is 12.0 Å². The molecule has 0 heterocycles. The third-order valence-corrected chi connectivity index (χ3v) is 4.25. The van der Waals surface area contributed by atoms with E-state index in [0.29, 0.717) is 11.3 Å². The number of hydrogen-bond acceptors (Lipinski definition) is 2. The Labute approximate surface area is 136 Å². The molecule has 0 saturated carbocycles. The molecule has 0 aliphatic carbocycles. The lowest BCUT2D eigenvalue weighted by atomic mass is 9.89. The monoisotopic (exact) mass is 301 g/mol. The first-order valence-electron chi connectivity index (χ1n) is 7.63. The molecule has 0 bridgehead atoms. The van der Waals surface area contributed by atoms with Gasteiger partial charge in [0.1, 0.15) is 0 Å². The second-order valence-electron chi connectivity index (χ2n) is 5.74. The molecule has 0 atom stereocenters. The van der Waals surface area contributed by atoms with E-state index >= 15 is 0 Å². The van der Waals surface area contributed by atoms with Gasteiger partial charge in [0.25, 0.3) is 0 Å². The average molecular weight is 301 g/mol. The van der Waals surface area contributed by atoms with Gasteiger partial charge >= 0.3 is 0 Å². The van der Waals surface area contributed by atoms with Gasteiger partial charge in [-0.05, 0) is 36.1 Å². The average Bonchev–Trinajstić information content (AvgIpc) is 2.56. The molecular weight excluding hydrogens is 282 g/mol. The van der Waals surface area contributed by atoms with Gasteiger partial charge in [0.2, 0.25) is 0 Å². The minimum atomic E-state index is 0.620. The molecule has 0 saturated heterocycles. The van der Waals surface area contributed by atoms with Gasteiger partial charge in [-0.15, -0.1) is 0 Å². The number of nitrogens with two attached hydrogens (primary N) is 1. The number of carbonyl (C=O) groups excluding carboxylic acids is 1. The maximum Gasteiger partial charge on any atom is 0.150 e. The van der Waals surface area contributed by atoms with Crippen LogP contribution in [0.5, 0.6) is 0 Å². The lowest BCUT2D eigenvalue weighted by molar-refractivity contribution is 0.112. The number of rotatable bonds is 3. The summed E-state index contributed by atoms with van der Waals surface area (Å²) in [6, 6.07) is 19.9. The van der Waals surface area contributed by atoms with Crippen LogP contribution in [-0.4, -0.2) is 6.29 Å². The smallest absolute Gasteiger partial charge is 0.150 e. The van der Waals surface area contributed by atoms with Gasteiger partial charge < -0.3 is 5.73 Å². The lowest BCUT2D eigenvalue weighted by Crippen LogP contribution is -2.00. The SMILES string of the molecule is Cc1ccccc1-c1ccc(C=O)c(-c2ccccc2C)c1N. The van der Waals surface area contributed by atoms with Gasteiger partial charge in [0, 0.05) is 22.4 Å². The molecule has 2 N–H and O–H groups in total. The minimum Gasteiger partial charge on any atom is -0.398 e. The van der Waals surface area contributed by atoms with E-state index in [9.17, 15) is 4.79 Å². The Morgan fingerprint density at radius 3 is 1.87 bits per heavy atom. The van der Waals surface area contributed by atoms with Crippen LogP contribution in [0.2, 0.25) is 0 Å². The van der Waals surface area contributed by atoms with Crippen molar-refractivity contribution in [2.24, 2.45) is 0 Å². The molecule has 0 fully saturated rings. The van der Waals surface area contributed by atoms with Crippen molar-refractivity contribution in [2.45, 2.75) is 13.8 Å². The van der Waals surface area contributed by atoms with Crippen LogP contribution in [0, 0.1) is 13.8 Å². The van der Waals surface area contributed by atoms with Crippen LogP contribution in [0.25, 0.3) is 22.3 Å². The number of nitrogen functional groups attached to an aromatic ring is 1. The summed E-state index contributed by atoms with van der Waals surface area (Å²) >= 11 is 0. The summed E-state index contributed by atoms with van der Waals surface area (Å²) in [6.45, 7) is 4.10. The molecule has 0 radical (unpaired) electrons. The Hall–Kier alpha value is -2.87. The van der Waals surface area contributed by atoms with Crippen LogP contribution in [0.4, 0.5) is 5.69 Å². The van der Waals surface area contributed by atoms with E-state index in [1.165, 1.54) is 0 Å². The first kappa shape index (κ1) is 15.0. The van der Waals surface area contributed by atoms with Crippen LogP contribution < -0.4 is 5.73 Å². The summed E-state index contributed by atoms with van der Waals surface area (Å²) < 4.78 is 0. The molecule has 0 unspecified atom stereocenters. The first-order chi connectivity index (χ1) is 11.1. The number of aldehydes is 1. The molecule has 2 heteroatoms. The highest BCUT2D eigenvalue weighted by molar-refractivity contribution is 5.99. The van der Waals surface area contributed by atoms with Crippen LogP contribution in [0.3, 0.4) is 0 Å². The molecule has 0 spiro atoms. The fraction of sp³-hybridized carbons (Fsp3) is 0.0952. The summed E-state index contributed by atoms with van der Waals surface area (Å²) in [7, 11) is 0. The van der Waals surface area contributed by atoms with Crippen LogP contribution in [0.1, 0.15) is 21.5 Å². The lowest BCUT2D eigenvalue weighted by Gasteiger charge is -2.16. The van der Waals surface area contributed by atoms with Gasteiger partial charge in [0.05, 0.1) is 0 Å². The summed E-state index contributed by atoms with van der Waals surface area (Å²) in [5.41, 5.74) is 13.9. The molecule has 3 rings (SSSR count). The van der Waals surface area contributed by atoms with E-state index in [1.54, 1.807) is 0 Å². The highest BCUT2D eigenvalue weighted by atomic mass is 16.1. The Balaban J connectivity index is 2.32. The van der Waals surface area contributed by atoms with Gasteiger partial charge in [-0.25, -0.2) is 0 Å². The van der Waals surface area contributed by atoms with Crippen molar-refractivity contribution in [3.8, 4) is 22.3 Å². The van der Waals surface area contributed by atoms with E-state index in [2.05, 4.69) is 19.1 Å². The molecule has 3 aromatic rings. The zero-order valence-electron chi connectivity index (χ0n) is 13.3. The molecule has 0 aromatic heterocycles. The van der Waals surface area contributed by atoms with E-state index in [0.717, 1.165) is 39.7 Å². The van der Waals surface area contributed by atoms with Crippen LogP contribution in [-0.2, 0) is 0 Å². The summed E-state index contributed by atoms with van der Waals surface area (Å²) in [4.78, 5) is 11.5. The van der Waals surface area contributed by atoms with E-state index in [-0.39, 0.29) is 0 Å². The molecule has 2 nitrogen and oxygen atoms in total. The van der Waals surface area contributed by atoms with Crippen molar-refractivity contribution in [3.63, 3.8) is 0 Å². The number of anilines is 1. The van der Waals surface area contributed by atoms with E-state index in [1.807, 2.05) is 55.5 Å². The standard InChI is InChI=1S/C21H19NO/c1-14-7-3-5-9-17(14)19-12-11-16(13-23)20(21(19)22)18-10-6-4-8-15(18)2/h3-13H,22H2,1-2H3. The Kier molecular flexibility index (Phi) is 3.98. The number of hydrogen-bond donors (Lipinski definition) is 1. The Morgan fingerprint density at radius 1 is 0.739 bits per heavy atom. The predicted molar refractivity (Wildman–Crippen MR) is 96.6 cm³/mol. The normalized spacial score (nSPS) is 10.5. The van der Waals surface area contributed by atoms with Gasteiger partial charge in [-0.1, -0.05) is 60.7 Å². The molecule has 0 aliphatic heterocycles. The second kappa shape index (κ2) is 6.09. The molecule has 114 valence electrons. The van der Waals surface area contributed by atoms with Gasteiger partial charge in [-0.2, -0.15) is 0 Å². The maximum absolute atomic E-state index is 11.5. The summed E-state index contributed by atoms with van der Waals surface area (Å²) in [5.74, 6) is 0. The van der Waals surface area contributed by atoms with Crippen LogP contribution in [0.15, 0.2) is 60.7 Å². The number of carbonyl (C=O) groups is 1. The van der Waals surface area contributed by atoms with E-state index < -0.39 is 0 Å². The summed E-state index contributed by atoms with van der Waals surface area (Å²) in [5, 5.41) is 0. The zero-order chi connectivity index (χ0) is 16.4. The van der Waals surface area contributed by atoms with Crippen molar-refractivity contribution in [2.75, 3.05) is 5.73 Å². The van der Waals surface area contributed by atoms with Gasteiger partial charge in [-0.3, -0.25) is 4.79 Å². The third-order valence-electron chi connectivity index (χ3n) is 4.25. The van der Waals surface area contributed by atoms with Crippen molar-refractivity contribution in [1.82, 2.24) is 0 Å². The molecule has 0 amide bonds. The first-order valence-corrected chi connectivity index (χ1v) is 7.63. The summed E-state index contributed by atoms with van der Waals surface area (Å²) in [6.07, 6.45) is 0.875. The van der Waals surface area contributed by atoms with Crippen molar-refractivity contribution in [3.05, 3.63) is 77.4 Å². The fourth-order valence-corrected chi connectivity index (χ4v) is 3.00. The largest absolute Gasteiger partial charge is 0.398 e. The number of aryl methyl sites for hydroxylation is 2. The Bertz CT molecular complexity index is 881. The number of benzene rings is 3. The van der Waals surface area contributed by atoms with E-state index in [4.69, 9.17) is 5.73 Å². The van der Waals surface area contributed by atoms with Crippen molar-refractivity contribution in [1.29, 1.82) is 0 Å². The minimum absolute atomic E-state index is 0.620. The molecule has 0 aliphatic rings. The highest BCUT2D eigenvalue weighted by Crippen LogP contribution is 2.39. The third kappa shape index (κ3) is 2.64. The second-order valence-corrected chi connectivity index (χ2v) is 5.74. The zero-order valence-corrected chi connectivity index (χ0v) is 13.3. The Morgan fingerprint density at radius 2 is 1.30 bits per heavy atom. The van der Waals surface area contributed by atoms with Crippen LogP contribution >= 0.6 is 0 Å². The molecular formula is C21H19NO. The maximum atomic E-state index is 11.5. The topological polar surface area (TPSA) is 43.1 Å². The molecule has 23 heavy (non-hydrogen) atoms. The predicted octanol–water partition coefficient (Wildman–Crippen LogP) is 5.03. The molecule has 3 aromatic carbocycles. The van der Waals surface area contributed by atoms with Crippen molar-refractivity contribution < 1.29 is 4.79 Å². The fourth-order valence-electron chi connectivity index (χ4n) is 3.00. The van der Waals surface area contributed by atoms with Gasteiger partial charge in [0.15, 0.2) is 6.29 Å². The highest BCUT2D eigenvalue weighted by Gasteiger charge is 2.15.